The van der Waals surface area contributed by atoms with Gasteiger partial charge >= 0.3 is 0 Å². The Kier molecular flexibility index (Phi) is 4.04. The summed E-state index contributed by atoms with van der Waals surface area (Å²) in [7, 11) is 0. The minimum atomic E-state index is -0.565. The number of carbonyl (C=O) groups is 1. The number of carbonyl (C=O) groups excluding carboxylic acids is 1. The predicted octanol–water partition coefficient (Wildman–Crippen LogP) is 1.64. The largest absolute Gasteiger partial charge is 0.396 e. The van der Waals surface area contributed by atoms with Crippen LogP contribution in [-0.2, 0) is 0 Å². The van der Waals surface area contributed by atoms with Crippen molar-refractivity contribution in [3.05, 3.63) is 29.6 Å². The number of hydrogen-bond donors (Lipinski definition) is 2. The van der Waals surface area contributed by atoms with Gasteiger partial charge in [0.05, 0.1) is 11.8 Å². The molecule has 1 saturated heterocycles. The van der Waals surface area contributed by atoms with Crippen molar-refractivity contribution in [1.82, 2.24) is 4.90 Å². The van der Waals surface area contributed by atoms with Crippen LogP contribution in [0.5, 0.6) is 0 Å². The standard InChI is InChI=1S/C14H19FN2O2/c1-9(18)10-4-6-17(7-5-10)14(19)11-2-3-13(16)12(15)8-11/h2-3,8-10,18H,4-7,16H2,1H3. The van der Waals surface area contributed by atoms with Gasteiger partial charge in [-0.15, -0.1) is 0 Å². The van der Waals surface area contributed by atoms with E-state index in [4.69, 9.17) is 5.73 Å². The molecule has 0 bridgehead atoms. The van der Waals surface area contributed by atoms with Gasteiger partial charge in [0.1, 0.15) is 5.82 Å². The van der Waals surface area contributed by atoms with E-state index in [1.807, 2.05) is 0 Å². The van der Waals surface area contributed by atoms with Gasteiger partial charge in [0.2, 0.25) is 0 Å². The smallest absolute Gasteiger partial charge is 0.253 e. The van der Waals surface area contributed by atoms with Crippen molar-refractivity contribution < 1.29 is 14.3 Å². The minimum absolute atomic E-state index is 0.0457. The number of nitrogens with zero attached hydrogens (tertiary/aromatic N) is 1. The lowest BCUT2D eigenvalue weighted by atomic mass is 9.92. The highest BCUT2D eigenvalue weighted by Crippen LogP contribution is 2.22. The molecule has 1 aliphatic rings. The number of nitrogens with two attached hydrogens (primary N) is 1. The first kappa shape index (κ1) is 13.8. The fraction of sp³-hybridized carbons (Fsp3) is 0.500. The summed E-state index contributed by atoms with van der Waals surface area (Å²) in [5.41, 5.74) is 5.76. The maximum atomic E-state index is 13.3. The van der Waals surface area contributed by atoms with E-state index in [0.29, 0.717) is 18.7 Å². The molecule has 104 valence electrons. The molecule has 0 spiro atoms. The summed E-state index contributed by atoms with van der Waals surface area (Å²) in [5, 5.41) is 9.52. The van der Waals surface area contributed by atoms with Crippen LogP contribution < -0.4 is 5.73 Å². The molecule has 1 aromatic carbocycles. The number of hydrogen-bond acceptors (Lipinski definition) is 3. The van der Waals surface area contributed by atoms with Crippen molar-refractivity contribution in [2.45, 2.75) is 25.9 Å². The Morgan fingerprint density at radius 1 is 1.47 bits per heavy atom. The maximum absolute atomic E-state index is 13.3. The van der Waals surface area contributed by atoms with Crippen LogP contribution in [0.2, 0.25) is 0 Å². The molecule has 0 aromatic heterocycles. The second-order valence-electron chi connectivity index (χ2n) is 5.11. The van der Waals surface area contributed by atoms with Gasteiger partial charge < -0.3 is 15.7 Å². The molecule has 0 aliphatic carbocycles. The zero-order valence-electron chi connectivity index (χ0n) is 11.0. The van der Waals surface area contributed by atoms with Crippen LogP contribution in [0.15, 0.2) is 18.2 Å². The summed E-state index contributed by atoms with van der Waals surface area (Å²) in [6.07, 6.45) is 1.22. The Hall–Kier alpha value is -1.62. The van der Waals surface area contributed by atoms with E-state index < -0.39 is 5.82 Å². The third-order valence-electron chi connectivity index (χ3n) is 3.76. The molecule has 0 radical (unpaired) electrons. The van der Waals surface area contributed by atoms with E-state index in [1.54, 1.807) is 17.9 Å². The number of rotatable bonds is 2. The first-order valence-electron chi connectivity index (χ1n) is 6.51. The maximum Gasteiger partial charge on any atom is 0.253 e. The number of aliphatic hydroxyl groups is 1. The number of piperidine rings is 1. The summed E-state index contributed by atoms with van der Waals surface area (Å²) in [4.78, 5) is 13.9. The summed E-state index contributed by atoms with van der Waals surface area (Å²) in [5.74, 6) is -0.500. The second kappa shape index (κ2) is 5.57. The Morgan fingerprint density at radius 2 is 2.11 bits per heavy atom. The SMILES string of the molecule is CC(O)C1CCN(C(=O)c2ccc(N)c(F)c2)CC1. The van der Waals surface area contributed by atoms with E-state index in [0.717, 1.165) is 12.8 Å². The van der Waals surface area contributed by atoms with Crippen molar-refractivity contribution in [2.75, 3.05) is 18.8 Å². The number of likely N-dealkylation sites (tertiary alicyclic amines) is 1. The predicted molar refractivity (Wildman–Crippen MR) is 71.1 cm³/mol. The van der Waals surface area contributed by atoms with Crippen LogP contribution in [0.3, 0.4) is 0 Å². The van der Waals surface area contributed by atoms with Crippen molar-refractivity contribution >= 4 is 11.6 Å². The van der Waals surface area contributed by atoms with Crippen LogP contribution in [0.4, 0.5) is 10.1 Å². The van der Waals surface area contributed by atoms with Gasteiger partial charge in [-0.2, -0.15) is 0 Å². The lowest BCUT2D eigenvalue weighted by Crippen LogP contribution is -2.40. The molecule has 1 amide bonds. The van der Waals surface area contributed by atoms with Gasteiger partial charge in [-0.1, -0.05) is 0 Å². The lowest BCUT2D eigenvalue weighted by molar-refractivity contribution is 0.0521. The summed E-state index contributed by atoms with van der Waals surface area (Å²) >= 11 is 0. The van der Waals surface area contributed by atoms with Crippen molar-refractivity contribution in [2.24, 2.45) is 5.92 Å². The lowest BCUT2D eigenvalue weighted by Gasteiger charge is -2.33. The highest BCUT2D eigenvalue weighted by atomic mass is 19.1. The summed E-state index contributed by atoms with van der Waals surface area (Å²) < 4.78 is 13.3. The van der Waals surface area contributed by atoms with Crippen molar-refractivity contribution in [3.63, 3.8) is 0 Å². The third-order valence-corrected chi connectivity index (χ3v) is 3.76. The monoisotopic (exact) mass is 266 g/mol. The molecule has 1 aromatic rings. The number of aliphatic hydroxyl groups excluding tert-OH is 1. The van der Waals surface area contributed by atoms with E-state index in [1.165, 1.54) is 12.1 Å². The molecule has 1 heterocycles. The molecule has 1 atom stereocenters. The van der Waals surface area contributed by atoms with Gasteiger partial charge in [0.15, 0.2) is 0 Å². The average molecular weight is 266 g/mol. The van der Waals surface area contributed by atoms with Gasteiger partial charge in [0.25, 0.3) is 5.91 Å². The summed E-state index contributed by atoms with van der Waals surface area (Å²) in [6, 6.07) is 4.13. The number of benzene rings is 1. The number of halogens is 1. The fourth-order valence-electron chi connectivity index (χ4n) is 2.43. The van der Waals surface area contributed by atoms with Crippen LogP contribution in [-0.4, -0.2) is 35.1 Å². The molecule has 5 heteroatoms. The highest BCUT2D eigenvalue weighted by Gasteiger charge is 2.26. The average Bonchev–Trinajstić information content (AvgIpc) is 2.41. The molecule has 4 nitrogen and oxygen atoms in total. The zero-order chi connectivity index (χ0) is 14.0. The molecule has 2 rings (SSSR count). The first-order valence-corrected chi connectivity index (χ1v) is 6.51. The molecule has 1 unspecified atom stereocenters. The van der Waals surface area contributed by atoms with Crippen molar-refractivity contribution in [3.8, 4) is 0 Å². The molecular weight excluding hydrogens is 247 g/mol. The summed E-state index contributed by atoms with van der Waals surface area (Å²) in [6.45, 7) is 2.97. The van der Waals surface area contributed by atoms with Crippen molar-refractivity contribution in [1.29, 1.82) is 0 Å². The third kappa shape index (κ3) is 3.04. The number of amides is 1. The van der Waals surface area contributed by atoms with Gasteiger partial charge in [0, 0.05) is 18.7 Å². The Balaban J connectivity index is 2.03. The zero-order valence-corrected chi connectivity index (χ0v) is 11.0. The second-order valence-corrected chi connectivity index (χ2v) is 5.11. The normalized spacial score (nSPS) is 18.4. The van der Waals surface area contributed by atoms with Crippen LogP contribution >= 0.6 is 0 Å². The van der Waals surface area contributed by atoms with Gasteiger partial charge in [-0.25, -0.2) is 4.39 Å². The Morgan fingerprint density at radius 3 is 2.63 bits per heavy atom. The van der Waals surface area contributed by atoms with Crippen LogP contribution in [0.1, 0.15) is 30.1 Å². The van der Waals surface area contributed by atoms with E-state index in [-0.39, 0.29) is 23.6 Å². The minimum Gasteiger partial charge on any atom is -0.396 e. The molecular formula is C14H19FN2O2. The quantitative estimate of drug-likeness (QED) is 0.800. The molecule has 1 fully saturated rings. The first-order chi connectivity index (χ1) is 8.99. The molecule has 1 aliphatic heterocycles. The van der Waals surface area contributed by atoms with E-state index >= 15 is 0 Å². The number of anilines is 1. The fourth-order valence-corrected chi connectivity index (χ4v) is 2.43. The Labute approximate surface area is 112 Å². The van der Waals surface area contributed by atoms with E-state index in [2.05, 4.69) is 0 Å². The molecule has 19 heavy (non-hydrogen) atoms. The van der Waals surface area contributed by atoms with Gasteiger partial charge in [-0.05, 0) is 43.9 Å². The van der Waals surface area contributed by atoms with Gasteiger partial charge in [-0.3, -0.25) is 4.79 Å². The topological polar surface area (TPSA) is 66.6 Å². The van der Waals surface area contributed by atoms with Crippen LogP contribution in [0, 0.1) is 11.7 Å². The highest BCUT2D eigenvalue weighted by molar-refractivity contribution is 5.94. The molecule has 3 N–H and O–H groups in total. The number of nitrogen functional groups attached to an aromatic ring is 1. The molecule has 0 saturated carbocycles. The van der Waals surface area contributed by atoms with E-state index in [9.17, 15) is 14.3 Å². The Bertz CT molecular complexity index is 469. The van der Waals surface area contributed by atoms with Crippen LogP contribution in [0.25, 0.3) is 0 Å².